The van der Waals surface area contributed by atoms with Crippen molar-refractivity contribution in [1.82, 2.24) is 9.80 Å². The number of amides is 1. The number of benzene rings is 3. The average molecular weight is 601 g/mol. The first-order valence-electron chi connectivity index (χ1n) is 15.1. The quantitative estimate of drug-likeness (QED) is 0.174. The summed E-state index contributed by atoms with van der Waals surface area (Å²) in [6, 6.07) is 19.6. The van der Waals surface area contributed by atoms with Crippen LogP contribution in [0.4, 0.5) is 0 Å². The minimum Gasteiger partial charge on any atom is -0.507 e. The summed E-state index contributed by atoms with van der Waals surface area (Å²) in [7, 11) is 1.55. The van der Waals surface area contributed by atoms with E-state index in [2.05, 4.69) is 4.90 Å². The maximum atomic E-state index is 13.6. The van der Waals surface area contributed by atoms with E-state index in [0.29, 0.717) is 67.9 Å². The van der Waals surface area contributed by atoms with Crippen LogP contribution in [0.3, 0.4) is 0 Å². The van der Waals surface area contributed by atoms with Crippen LogP contribution in [-0.4, -0.2) is 79.7 Å². The van der Waals surface area contributed by atoms with Crippen molar-refractivity contribution in [2.24, 2.45) is 0 Å². The second-order valence-electron chi connectivity index (χ2n) is 11.0. The number of hydrogen-bond acceptors (Lipinski definition) is 8. The molecule has 1 atom stereocenters. The number of Topliss-reactive ketones (excluding diaryl/α,β-unsaturated/α-hetero) is 1. The molecule has 9 nitrogen and oxygen atoms in total. The van der Waals surface area contributed by atoms with Crippen LogP contribution >= 0.6 is 0 Å². The summed E-state index contributed by atoms with van der Waals surface area (Å²) in [6.45, 7) is 8.49. The topological polar surface area (TPSA) is 97.8 Å². The number of hydrogen-bond donors (Lipinski definition) is 1. The Morgan fingerprint density at radius 2 is 1.68 bits per heavy atom. The van der Waals surface area contributed by atoms with Gasteiger partial charge in [0.15, 0.2) is 11.5 Å². The van der Waals surface area contributed by atoms with Gasteiger partial charge >= 0.3 is 0 Å². The van der Waals surface area contributed by atoms with Gasteiger partial charge in [-0.25, -0.2) is 0 Å². The van der Waals surface area contributed by atoms with Crippen molar-refractivity contribution >= 4 is 17.4 Å². The number of likely N-dealkylation sites (tertiary alicyclic amines) is 1. The van der Waals surface area contributed by atoms with Crippen molar-refractivity contribution in [2.75, 3.05) is 53.1 Å². The zero-order valence-corrected chi connectivity index (χ0v) is 25.6. The maximum absolute atomic E-state index is 13.6. The van der Waals surface area contributed by atoms with Crippen molar-refractivity contribution in [1.29, 1.82) is 0 Å². The molecule has 2 aliphatic heterocycles. The molecule has 0 aromatic heterocycles. The van der Waals surface area contributed by atoms with Crippen molar-refractivity contribution in [3.05, 3.63) is 94.6 Å². The number of carbonyl (C=O) groups excluding carboxylic acids is 2. The molecule has 2 heterocycles. The highest BCUT2D eigenvalue weighted by atomic mass is 16.5. The third-order valence-electron chi connectivity index (χ3n) is 7.95. The smallest absolute Gasteiger partial charge is 0.295 e. The lowest BCUT2D eigenvalue weighted by molar-refractivity contribution is -0.140. The predicted octanol–water partition coefficient (Wildman–Crippen LogP) is 5.13. The summed E-state index contributed by atoms with van der Waals surface area (Å²) in [4.78, 5) is 30.9. The van der Waals surface area contributed by atoms with Crippen LogP contribution in [0.25, 0.3) is 5.76 Å². The Morgan fingerprint density at radius 3 is 2.39 bits per heavy atom. The number of methoxy groups -OCH3 is 1. The van der Waals surface area contributed by atoms with Crippen molar-refractivity contribution < 1.29 is 33.6 Å². The van der Waals surface area contributed by atoms with Crippen LogP contribution in [0.15, 0.2) is 72.3 Å². The lowest BCUT2D eigenvalue weighted by Crippen LogP contribution is -2.42. The van der Waals surface area contributed by atoms with E-state index in [9.17, 15) is 14.7 Å². The van der Waals surface area contributed by atoms with Gasteiger partial charge in [0.2, 0.25) is 0 Å². The molecular weight excluding hydrogens is 560 g/mol. The van der Waals surface area contributed by atoms with Crippen LogP contribution in [0.1, 0.15) is 41.6 Å². The van der Waals surface area contributed by atoms with Crippen molar-refractivity contribution in [2.45, 2.75) is 32.9 Å². The third-order valence-corrected chi connectivity index (χ3v) is 7.95. The normalized spacial score (nSPS) is 18.4. The fourth-order valence-electron chi connectivity index (χ4n) is 5.57. The zero-order chi connectivity index (χ0) is 31.1. The number of morpholine rings is 1. The summed E-state index contributed by atoms with van der Waals surface area (Å²) in [6.07, 6.45) is 0.870. The van der Waals surface area contributed by atoms with Gasteiger partial charge < -0.3 is 29.0 Å². The monoisotopic (exact) mass is 600 g/mol. The summed E-state index contributed by atoms with van der Waals surface area (Å²) < 4.78 is 23.0. The van der Waals surface area contributed by atoms with E-state index in [1.807, 2.05) is 50.2 Å². The molecule has 3 aromatic carbocycles. The number of aryl methyl sites for hydroxylation is 1. The van der Waals surface area contributed by atoms with Crippen LogP contribution < -0.4 is 14.2 Å². The SMILES string of the molecule is CCCOc1ccc(/C(O)=C2\C(=O)C(=O)N(CCN3CCOCC3)C2c2ccc(OCc3ccccc3)c(OC)c2)cc1C. The highest BCUT2D eigenvalue weighted by Gasteiger charge is 2.46. The Bertz CT molecular complexity index is 1500. The third kappa shape index (κ3) is 6.90. The summed E-state index contributed by atoms with van der Waals surface area (Å²) in [5.41, 5.74) is 2.95. The van der Waals surface area contributed by atoms with Gasteiger partial charge in [-0.3, -0.25) is 14.5 Å². The number of ketones is 1. The molecule has 5 rings (SSSR count). The number of carbonyl (C=O) groups is 2. The molecule has 1 amide bonds. The Labute approximate surface area is 258 Å². The minimum atomic E-state index is -0.815. The Morgan fingerprint density at radius 1 is 0.932 bits per heavy atom. The van der Waals surface area contributed by atoms with E-state index >= 15 is 0 Å². The number of ether oxygens (including phenoxy) is 4. The maximum Gasteiger partial charge on any atom is 0.295 e. The lowest BCUT2D eigenvalue weighted by Gasteiger charge is -2.31. The molecule has 0 radical (unpaired) electrons. The average Bonchev–Trinajstić information content (AvgIpc) is 3.31. The number of aliphatic hydroxyl groups excluding tert-OH is 1. The van der Waals surface area contributed by atoms with Crippen LogP contribution in [0.5, 0.6) is 17.2 Å². The predicted molar refractivity (Wildman–Crippen MR) is 167 cm³/mol. The molecule has 0 saturated carbocycles. The molecule has 44 heavy (non-hydrogen) atoms. The van der Waals surface area contributed by atoms with E-state index in [1.165, 1.54) is 0 Å². The summed E-state index contributed by atoms with van der Waals surface area (Å²) >= 11 is 0. The van der Waals surface area contributed by atoms with E-state index in [4.69, 9.17) is 18.9 Å². The lowest BCUT2D eigenvalue weighted by atomic mass is 9.94. The van der Waals surface area contributed by atoms with Crippen LogP contribution in [-0.2, 0) is 20.9 Å². The molecular formula is C35H40N2O7. The van der Waals surface area contributed by atoms with Crippen molar-refractivity contribution in [3.63, 3.8) is 0 Å². The van der Waals surface area contributed by atoms with Gasteiger partial charge in [0.1, 0.15) is 18.1 Å². The fourth-order valence-corrected chi connectivity index (χ4v) is 5.57. The molecule has 1 unspecified atom stereocenters. The molecule has 2 fully saturated rings. The van der Waals surface area contributed by atoms with E-state index in [1.54, 1.807) is 42.3 Å². The standard InChI is InChI=1S/C35H40N2O7/c1-4-18-43-28-12-11-27(21-24(28)2)33(38)31-32(37(35(40)34(31)39)15-14-36-16-19-42-20-17-36)26-10-13-29(30(22-26)41-3)44-23-25-8-6-5-7-9-25/h5-13,21-22,32,38H,4,14-20,23H2,1-3H3/b33-31+. The van der Waals surface area contributed by atoms with Gasteiger partial charge in [0.25, 0.3) is 11.7 Å². The number of nitrogens with zero attached hydrogens (tertiary/aromatic N) is 2. The van der Waals surface area contributed by atoms with Gasteiger partial charge in [-0.15, -0.1) is 0 Å². The highest BCUT2D eigenvalue weighted by molar-refractivity contribution is 6.46. The highest BCUT2D eigenvalue weighted by Crippen LogP contribution is 2.42. The molecule has 9 heteroatoms. The molecule has 0 spiro atoms. The summed E-state index contributed by atoms with van der Waals surface area (Å²) in [5, 5.41) is 11.6. The largest absolute Gasteiger partial charge is 0.507 e. The molecule has 2 aliphatic rings. The summed E-state index contributed by atoms with van der Waals surface area (Å²) in [5.74, 6) is 0.112. The second kappa shape index (κ2) is 14.4. The van der Waals surface area contributed by atoms with E-state index < -0.39 is 17.7 Å². The fraction of sp³-hybridized carbons (Fsp3) is 0.371. The van der Waals surface area contributed by atoms with Crippen LogP contribution in [0, 0.1) is 6.92 Å². The molecule has 1 N–H and O–H groups in total. The molecule has 3 aromatic rings. The molecule has 232 valence electrons. The Hall–Kier alpha value is -4.34. The minimum absolute atomic E-state index is 0.0404. The van der Waals surface area contributed by atoms with Gasteiger partial charge in [-0.05, 0) is 60.4 Å². The number of rotatable bonds is 12. The van der Waals surface area contributed by atoms with Crippen LogP contribution in [0.2, 0.25) is 0 Å². The molecule has 0 aliphatic carbocycles. The molecule has 2 saturated heterocycles. The first-order valence-corrected chi connectivity index (χ1v) is 15.1. The van der Waals surface area contributed by atoms with E-state index in [-0.39, 0.29) is 11.3 Å². The second-order valence-corrected chi connectivity index (χ2v) is 11.0. The van der Waals surface area contributed by atoms with Gasteiger partial charge in [0, 0.05) is 31.7 Å². The van der Waals surface area contributed by atoms with Gasteiger partial charge in [0.05, 0.1) is 38.5 Å². The van der Waals surface area contributed by atoms with Gasteiger partial charge in [-0.2, -0.15) is 0 Å². The van der Waals surface area contributed by atoms with Crippen molar-refractivity contribution in [3.8, 4) is 17.2 Å². The van der Waals surface area contributed by atoms with E-state index in [0.717, 1.165) is 30.6 Å². The molecule has 0 bridgehead atoms. The van der Waals surface area contributed by atoms with Gasteiger partial charge in [-0.1, -0.05) is 43.3 Å². The Balaban J connectivity index is 1.51. The number of aliphatic hydroxyl groups is 1. The first kappa shape index (κ1) is 31.1. The Kier molecular flexibility index (Phi) is 10.2. The zero-order valence-electron chi connectivity index (χ0n) is 25.6. The first-order chi connectivity index (χ1) is 21.4.